The molecule has 0 radical (unpaired) electrons. The molecule has 0 bridgehead atoms. The molecule has 0 aliphatic heterocycles. The Bertz CT molecular complexity index is 1070. The van der Waals surface area contributed by atoms with Gasteiger partial charge in [0.2, 0.25) is 0 Å². The van der Waals surface area contributed by atoms with Crippen molar-refractivity contribution in [1.29, 1.82) is 0 Å². The van der Waals surface area contributed by atoms with Crippen molar-refractivity contribution in [2.75, 3.05) is 0 Å². The van der Waals surface area contributed by atoms with E-state index in [9.17, 15) is 41.4 Å². The van der Waals surface area contributed by atoms with E-state index in [2.05, 4.69) is 0 Å². The van der Waals surface area contributed by atoms with Crippen LogP contribution in [-0.2, 0) is 12.7 Å². The summed E-state index contributed by atoms with van der Waals surface area (Å²) < 4.78 is 80.5. The van der Waals surface area contributed by atoms with Gasteiger partial charge in [-0.05, 0) is 23.8 Å². The zero-order valence-corrected chi connectivity index (χ0v) is 13.1. The predicted molar refractivity (Wildman–Crippen MR) is 81.0 cm³/mol. The van der Waals surface area contributed by atoms with Crippen molar-refractivity contribution >= 4 is 16.9 Å². The molecule has 0 atom stereocenters. The fourth-order valence-electron chi connectivity index (χ4n) is 2.73. The number of phenolic OH excluding ortho intramolecular Hbond substituents is 1. The van der Waals surface area contributed by atoms with Crippen LogP contribution in [0.5, 0.6) is 5.75 Å². The molecule has 0 saturated carbocycles. The lowest BCUT2D eigenvalue weighted by Crippen LogP contribution is -2.12. The standard InChI is InChI=1S/C17H9F6NO3/c18-10-2-1-7(3-9(10)17(21,22)23)6-24-12-5-11(19)15(25)14(20)8(12)4-13(24)16(26)27/h1-5,25H,6H2,(H,26,27). The maximum atomic E-state index is 14.0. The highest BCUT2D eigenvalue weighted by atomic mass is 19.4. The molecule has 3 rings (SSSR count). The lowest BCUT2D eigenvalue weighted by molar-refractivity contribution is -0.140. The fraction of sp³-hybridized carbons (Fsp3) is 0.118. The fourth-order valence-corrected chi connectivity index (χ4v) is 2.73. The van der Waals surface area contributed by atoms with E-state index in [4.69, 9.17) is 0 Å². The van der Waals surface area contributed by atoms with Gasteiger partial charge in [-0.1, -0.05) is 6.07 Å². The first-order valence-electron chi connectivity index (χ1n) is 7.29. The molecular weight excluding hydrogens is 380 g/mol. The second kappa shape index (κ2) is 6.22. The van der Waals surface area contributed by atoms with Crippen LogP contribution in [-0.4, -0.2) is 20.7 Å². The van der Waals surface area contributed by atoms with Crippen LogP contribution in [0.4, 0.5) is 26.3 Å². The van der Waals surface area contributed by atoms with Crippen LogP contribution in [0.25, 0.3) is 10.9 Å². The van der Waals surface area contributed by atoms with Crippen LogP contribution in [0.2, 0.25) is 0 Å². The molecule has 2 N–H and O–H groups in total. The van der Waals surface area contributed by atoms with E-state index in [0.717, 1.165) is 16.7 Å². The number of rotatable bonds is 3. The molecule has 0 unspecified atom stereocenters. The quantitative estimate of drug-likeness (QED) is 0.647. The Morgan fingerprint density at radius 3 is 2.30 bits per heavy atom. The molecule has 0 amide bonds. The number of nitrogens with zero attached hydrogens (tertiary/aromatic N) is 1. The third-order valence-electron chi connectivity index (χ3n) is 3.97. The van der Waals surface area contributed by atoms with Gasteiger partial charge in [0.25, 0.3) is 0 Å². The Balaban J connectivity index is 2.20. The maximum absolute atomic E-state index is 14.0. The summed E-state index contributed by atoms with van der Waals surface area (Å²) in [5.41, 5.74) is -2.54. The summed E-state index contributed by atoms with van der Waals surface area (Å²) in [6.07, 6.45) is -4.97. The number of carboxylic acids is 1. The van der Waals surface area contributed by atoms with E-state index in [1.54, 1.807) is 0 Å². The normalized spacial score (nSPS) is 11.9. The topological polar surface area (TPSA) is 62.5 Å². The maximum Gasteiger partial charge on any atom is 0.419 e. The minimum atomic E-state index is -4.97. The molecule has 10 heteroatoms. The Morgan fingerprint density at radius 1 is 1.04 bits per heavy atom. The number of carbonyl (C=O) groups is 1. The Kier molecular flexibility index (Phi) is 4.29. The number of carboxylic acid groups (broad SMARTS) is 1. The SMILES string of the molecule is O=C(O)c1cc2c(F)c(O)c(F)cc2n1Cc1ccc(F)c(C(F)(F)F)c1. The van der Waals surface area contributed by atoms with Crippen molar-refractivity contribution in [2.24, 2.45) is 0 Å². The largest absolute Gasteiger partial charge is 0.503 e. The molecule has 0 saturated heterocycles. The number of aromatic hydroxyl groups is 1. The van der Waals surface area contributed by atoms with Crippen LogP contribution >= 0.6 is 0 Å². The van der Waals surface area contributed by atoms with E-state index in [-0.39, 0.29) is 11.1 Å². The first-order chi connectivity index (χ1) is 12.5. The molecule has 2 aromatic carbocycles. The minimum absolute atomic E-state index is 0.141. The molecule has 142 valence electrons. The molecule has 1 aromatic heterocycles. The lowest BCUT2D eigenvalue weighted by Gasteiger charge is -2.13. The van der Waals surface area contributed by atoms with Gasteiger partial charge in [0, 0.05) is 18.0 Å². The van der Waals surface area contributed by atoms with Gasteiger partial charge < -0.3 is 14.8 Å². The molecule has 4 nitrogen and oxygen atoms in total. The van der Waals surface area contributed by atoms with E-state index in [1.807, 2.05) is 0 Å². The van der Waals surface area contributed by atoms with Crippen molar-refractivity contribution in [3.8, 4) is 5.75 Å². The van der Waals surface area contributed by atoms with Gasteiger partial charge in [0.05, 0.1) is 11.1 Å². The molecule has 0 aliphatic rings. The Morgan fingerprint density at radius 2 is 1.70 bits per heavy atom. The molecule has 3 aromatic rings. The smallest absolute Gasteiger partial charge is 0.419 e. The zero-order chi connectivity index (χ0) is 20.1. The van der Waals surface area contributed by atoms with E-state index < -0.39 is 58.5 Å². The summed E-state index contributed by atoms with van der Waals surface area (Å²) in [5, 5.41) is 18.2. The molecular formula is C17H9F6NO3. The van der Waals surface area contributed by atoms with Crippen molar-refractivity contribution in [3.05, 3.63) is 64.6 Å². The average Bonchev–Trinajstić information content (AvgIpc) is 2.92. The summed E-state index contributed by atoms with van der Waals surface area (Å²) in [6, 6.07) is 3.53. The molecule has 0 fully saturated rings. The number of hydrogen-bond donors (Lipinski definition) is 2. The highest BCUT2D eigenvalue weighted by Crippen LogP contribution is 2.34. The van der Waals surface area contributed by atoms with Gasteiger partial charge in [-0.25, -0.2) is 18.0 Å². The Labute approximate surface area is 146 Å². The number of hydrogen-bond acceptors (Lipinski definition) is 2. The molecule has 0 spiro atoms. The zero-order valence-electron chi connectivity index (χ0n) is 13.1. The second-order valence-electron chi connectivity index (χ2n) is 5.69. The van der Waals surface area contributed by atoms with Gasteiger partial charge in [-0.15, -0.1) is 0 Å². The minimum Gasteiger partial charge on any atom is -0.503 e. The van der Waals surface area contributed by atoms with Gasteiger partial charge in [-0.2, -0.15) is 13.2 Å². The van der Waals surface area contributed by atoms with Crippen LogP contribution < -0.4 is 0 Å². The van der Waals surface area contributed by atoms with Gasteiger partial charge in [0.1, 0.15) is 11.5 Å². The molecule has 1 heterocycles. The van der Waals surface area contributed by atoms with Crippen molar-refractivity contribution < 1.29 is 41.4 Å². The van der Waals surface area contributed by atoms with E-state index >= 15 is 0 Å². The summed E-state index contributed by atoms with van der Waals surface area (Å²) in [4.78, 5) is 11.4. The Hall–Kier alpha value is -3.17. The van der Waals surface area contributed by atoms with Crippen LogP contribution in [0, 0.1) is 17.5 Å². The third kappa shape index (κ3) is 3.18. The summed E-state index contributed by atoms with van der Waals surface area (Å²) in [7, 11) is 0. The number of halogens is 6. The number of aromatic carboxylic acids is 1. The lowest BCUT2D eigenvalue weighted by atomic mass is 10.1. The van der Waals surface area contributed by atoms with Crippen molar-refractivity contribution in [3.63, 3.8) is 0 Å². The second-order valence-corrected chi connectivity index (χ2v) is 5.69. The van der Waals surface area contributed by atoms with Crippen LogP contribution in [0.3, 0.4) is 0 Å². The summed E-state index contributed by atoms with van der Waals surface area (Å²) in [5.74, 6) is -7.14. The highest BCUT2D eigenvalue weighted by Gasteiger charge is 2.34. The highest BCUT2D eigenvalue weighted by molar-refractivity contribution is 5.95. The van der Waals surface area contributed by atoms with E-state index in [1.165, 1.54) is 0 Å². The van der Waals surface area contributed by atoms with Gasteiger partial charge in [0.15, 0.2) is 17.4 Å². The number of phenols is 1. The van der Waals surface area contributed by atoms with Gasteiger partial charge >= 0.3 is 12.1 Å². The van der Waals surface area contributed by atoms with Crippen LogP contribution in [0.15, 0.2) is 30.3 Å². The monoisotopic (exact) mass is 389 g/mol. The summed E-state index contributed by atoms with van der Waals surface area (Å²) >= 11 is 0. The van der Waals surface area contributed by atoms with Crippen LogP contribution in [0.1, 0.15) is 21.6 Å². The summed E-state index contributed by atoms with van der Waals surface area (Å²) in [6.45, 7) is -0.530. The predicted octanol–water partition coefficient (Wildman–Crippen LogP) is 4.53. The number of fused-ring (bicyclic) bond motifs is 1. The van der Waals surface area contributed by atoms with Crippen molar-refractivity contribution in [1.82, 2.24) is 4.57 Å². The number of alkyl halides is 3. The number of benzene rings is 2. The molecule has 27 heavy (non-hydrogen) atoms. The van der Waals surface area contributed by atoms with Gasteiger partial charge in [-0.3, -0.25) is 0 Å². The van der Waals surface area contributed by atoms with Crippen molar-refractivity contribution in [2.45, 2.75) is 12.7 Å². The molecule has 0 aliphatic carbocycles. The first kappa shape index (κ1) is 18.6. The first-order valence-corrected chi connectivity index (χ1v) is 7.29. The number of aromatic nitrogens is 1. The third-order valence-corrected chi connectivity index (χ3v) is 3.97. The average molecular weight is 389 g/mol. The van der Waals surface area contributed by atoms with E-state index in [0.29, 0.717) is 18.2 Å².